The molecule has 2 aromatic heterocycles. The summed E-state index contributed by atoms with van der Waals surface area (Å²) in [7, 11) is 1.84. The van der Waals surface area contributed by atoms with E-state index in [4.69, 9.17) is 16.9 Å². The third-order valence-corrected chi connectivity index (χ3v) is 5.44. The van der Waals surface area contributed by atoms with Crippen molar-refractivity contribution in [2.75, 3.05) is 36.4 Å². The average Bonchev–Trinajstić information content (AvgIpc) is 3.26. The third-order valence-electron chi connectivity index (χ3n) is 5.17. The van der Waals surface area contributed by atoms with Crippen LogP contribution in [0.4, 0.5) is 17.5 Å². The first-order chi connectivity index (χ1) is 13.9. The number of rotatable bonds is 7. The molecular weight excluding hydrogens is 392 g/mol. The van der Waals surface area contributed by atoms with E-state index in [0.717, 1.165) is 18.8 Å². The van der Waals surface area contributed by atoms with Crippen LogP contribution in [0.1, 0.15) is 20.3 Å². The van der Waals surface area contributed by atoms with E-state index in [9.17, 15) is 4.79 Å². The summed E-state index contributed by atoms with van der Waals surface area (Å²) in [4.78, 5) is 24.9. The number of carbonyl (C=O) groups excluding carboxylic acids is 1. The Kier molecular flexibility index (Phi) is 6.54. The lowest BCUT2D eigenvalue weighted by atomic mass is 9.97. The number of nitriles is 1. The fourth-order valence-corrected chi connectivity index (χ4v) is 3.78. The SMILES string of the molecule is CCN(CC1CN(c2nc(Nc3cnn(C)c3)ncc2Cl)CC1C)C(=O)CC#N. The quantitative estimate of drug-likeness (QED) is 0.739. The Morgan fingerprint density at radius 3 is 2.90 bits per heavy atom. The van der Waals surface area contributed by atoms with Gasteiger partial charge in [-0.1, -0.05) is 18.5 Å². The first-order valence-corrected chi connectivity index (χ1v) is 9.97. The zero-order valence-corrected chi connectivity index (χ0v) is 17.6. The number of hydrogen-bond acceptors (Lipinski definition) is 7. The summed E-state index contributed by atoms with van der Waals surface area (Å²) >= 11 is 6.39. The number of anilines is 3. The van der Waals surface area contributed by atoms with Crippen molar-refractivity contribution in [3.05, 3.63) is 23.6 Å². The summed E-state index contributed by atoms with van der Waals surface area (Å²) in [6, 6.07) is 1.94. The Morgan fingerprint density at radius 2 is 2.24 bits per heavy atom. The maximum absolute atomic E-state index is 12.1. The molecule has 1 fully saturated rings. The topological polar surface area (TPSA) is 103 Å². The minimum absolute atomic E-state index is 0.0836. The lowest BCUT2D eigenvalue weighted by molar-refractivity contribution is -0.130. The molecule has 1 saturated heterocycles. The number of nitrogens with zero attached hydrogens (tertiary/aromatic N) is 7. The fourth-order valence-electron chi connectivity index (χ4n) is 3.57. The molecule has 2 atom stereocenters. The zero-order valence-electron chi connectivity index (χ0n) is 16.8. The zero-order chi connectivity index (χ0) is 21.0. The number of amides is 1. The van der Waals surface area contributed by atoms with Crippen LogP contribution < -0.4 is 10.2 Å². The molecule has 0 saturated carbocycles. The Balaban J connectivity index is 1.71. The monoisotopic (exact) mass is 416 g/mol. The average molecular weight is 417 g/mol. The second-order valence-electron chi connectivity index (χ2n) is 7.30. The maximum atomic E-state index is 12.1. The van der Waals surface area contributed by atoms with E-state index in [0.29, 0.717) is 35.8 Å². The van der Waals surface area contributed by atoms with Crippen molar-refractivity contribution in [3.8, 4) is 6.07 Å². The van der Waals surface area contributed by atoms with Gasteiger partial charge in [-0.25, -0.2) is 4.98 Å². The van der Waals surface area contributed by atoms with Gasteiger partial charge in [0.1, 0.15) is 11.4 Å². The molecule has 0 spiro atoms. The van der Waals surface area contributed by atoms with Crippen molar-refractivity contribution < 1.29 is 4.79 Å². The minimum Gasteiger partial charge on any atom is -0.355 e. The first kappa shape index (κ1) is 20.9. The van der Waals surface area contributed by atoms with E-state index in [1.807, 2.05) is 26.2 Å². The Bertz CT molecular complexity index is 908. The van der Waals surface area contributed by atoms with Gasteiger partial charge in [0, 0.05) is 39.4 Å². The Morgan fingerprint density at radius 1 is 1.45 bits per heavy atom. The van der Waals surface area contributed by atoms with Gasteiger partial charge in [0.15, 0.2) is 5.82 Å². The van der Waals surface area contributed by atoms with Crippen molar-refractivity contribution in [2.45, 2.75) is 20.3 Å². The highest BCUT2D eigenvalue weighted by atomic mass is 35.5. The number of nitrogens with one attached hydrogen (secondary N) is 1. The van der Waals surface area contributed by atoms with Gasteiger partial charge in [-0.05, 0) is 18.8 Å². The normalized spacial score (nSPS) is 18.5. The number of halogens is 1. The van der Waals surface area contributed by atoms with Crippen LogP contribution in [0.15, 0.2) is 18.6 Å². The number of aromatic nitrogens is 4. The predicted octanol–water partition coefficient (Wildman–Crippen LogP) is 2.44. The van der Waals surface area contributed by atoms with Gasteiger partial charge in [0.2, 0.25) is 11.9 Å². The van der Waals surface area contributed by atoms with E-state index in [1.165, 1.54) is 0 Å². The number of carbonyl (C=O) groups is 1. The Labute approximate surface area is 175 Å². The summed E-state index contributed by atoms with van der Waals surface area (Å²) < 4.78 is 1.69. The second-order valence-corrected chi connectivity index (χ2v) is 7.71. The summed E-state index contributed by atoms with van der Waals surface area (Å²) in [5.74, 6) is 1.64. The van der Waals surface area contributed by atoms with Gasteiger partial charge in [0.25, 0.3) is 0 Å². The summed E-state index contributed by atoms with van der Waals surface area (Å²) in [6.07, 6.45) is 5.04. The fraction of sp³-hybridized carbons (Fsp3) is 0.526. The van der Waals surface area contributed by atoms with Crippen LogP contribution in [-0.2, 0) is 11.8 Å². The highest BCUT2D eigenvalue weighted by Gasteiger charge is 2.33. The van der Waals surface area contributed by atoms with Gasteiger partial charge >= 0.3 is 0 Å². The number of hydrogen-bond donors (Lipinski definition) is 1. The van der Waals surface area contributed by atoms with Crippen LogP contribution >= 0.6 is 11.6 Å². The van der Waals surface area contributed by atoms with Crippen LogP contribution in [0.25, 0.3) is 0 Å². The largest absolute Gasteiger partial charge is 0.355 e. The molecule has 0 aromatic carbocycles. The lowest BCUT2D eigenvalue weighted by Crippen LogP contribution is -2.37. The molecule has 1 N–H and O–H groups in total. The smallest absolute Gasteiger partial charge is 0.236 e. The summed E-state index contributed by atoms with van der Waals surface area (Å²) in [5, 5.41) is 16.5. The van der Waals surface area contributed by atoms with E-state index >= 15 is 0 Å². The molecule has 0 aliphatic carbocycles. The van der Waals surface area contributed by atoms with Gasteiger partial charge < -0.3 is 15.1 Å². The lowest BCUT2D eigenvalue weighted by Gasteiger charge is -2.25. The van der Waals surface area contributed by atoms with E-state index in [-0.39, 0.29) is 18.2 Å². The molecule has 0 radical (unpaired) electrons. The maximum Gasteiger partial charge on any atom is 0.236 e. The van der Waals surface area contributed by atoms with Crippen LogP contribution in [0, 0.1) is 23.2 Å². The van der Waals surface area contributed by atoms with Crippen LogP contribution in [0.2, 0.25) is 5.02 Å². The van der Waals surface area contributed by atoms with Gasteiger partial charge in [-0.15, -0.1) is 0 Å². The highest BCUT2D eigenvalue weighted by Crippen LogP contribution is 2.32. The second kappa shape index (κ2) is 9.09. The van der Waals surface area contributed by atoms with Crippen molar-refractivity contribution in [1.29, 1.82) is 5.26 Å². The summed E-state index contributed by atoms with van der Waals surface area (Å²) in [5.41, 5.74) is 0.794. The number of aryl methyl sites for hydroxylation is 1. The molecule has 10 heteroatoms. The van der Waals surface area contributed by atoms with Crippen LogP contribution in [0.5, 0.6) is 0 Å². The van der Waals surface area contributed by atoms with Gasteiger partial charge in [-0.3, -0.25) is 9.48 Å². The molecule has 154 valence electrons. The molecule has 1 aliphatic rings. The molecular formula is C19H25ClN8O. The van der Waals surface area contributed by atoms with Crippen LogP contribution in [-0.4, -0.2) is 56.7 Å². The van der Waals surface area contributed by atoms with E-state index in [2.05, 4.69) is 32.2 Å². The standard InChI is InChI=1S/C19H25ClN8O/c1-4-27(17(29)5-6-21)10-14-11-28(9-13(14)2)18-16(20)8-22-19(25-18)24-15-7-23-26(3)12-15/h7-8,12-14H,4-5,9-11H2,1-3H3,(H,22,24,25). The molecule has 1 aliphatic heterocycles. The van der Waals surface area contributed by atoms with Crippen LogP contribution in [0.3, 0.4) is 0 Å². The van der Waals surface area contributed by atoms with E-state index < -0.39 is 0 Å². The van der Waals surface area contributed by atoms with Crippen molar-refractivity contribution in [1.82, 2.24) is 24.6 Å². The molecule has 1 amide bonds. The summed E-state index contributed by atoms with van der Waals surface area (Å²) in [6.45, 7) is 6.84. The third kappa shape index (κ3) is 4.95. The molecule has 0 bridgehead atoms. The first-order valence-electron chi connectivity index (χ1n) is 9.59. The van der Waals surface area contributed by atoms with Crippen molar-refractivity contribution in [3.63, 3.8) is 0 Å². The highest BCUT2D eigenvalue weighted by molar-refractivity contribution is 6.32. The van der Waals surface area contributed by atoms with Crippen molar-refractivity contribution >= 4 is 35.0 Å². The molecule has 2 unspecified atom stereocenters. The Hall–Kier alpha value is -2.86. The molecule has 29 heavy (non-hydrogen) atoms. The van der Waals surface area contributed by atoms with Gasteiger partial charge in [-0.2, -0.15) is 15.3 Å². The molecule has 3 rings (SSSR count). The van der Waals surface area contributed by atoms with E-state index in [1.54, 1.807) is 22.0 Å². The minimum atomic E-state index is -0.122. The predicted molar refractivity (Wildman–Crippen MR) is 111 cm³/mol. The molecule has 3 heterocycles. The van der Waals surface area contributed by atoms with Gasteiger partial charge in [0.05, 0.1) is 24.2 Å². The molecule has 9 nitrogen and oxygen atoms in total. The van der Waals surface area contributed by atoms with Crippen molar-refractivity contribution in [2.24, 2.45) is 18.9 Å². The molecule has 2 aromatic rings.